The van der Waals surface area contributed by atoms with Crippen LogP contribution in [-0.4, -0.2) is 39.1 Å². The third-order valence-electron chi connectivity index (χ3n) is 4.55. The molecule has 0 atom stereocenters. The van der Waals surface area contributed by atoms with Gasteiger partial charge in [0.2, 0.25) is 11.9 Å². The molecule has 0 aliphatic rings. The number of benzene rings is 2. The summed E-state index contributed by atoms with van der Waals surface area (Å²) in [5.41, 5.74) is 0.245. The lowest BCUT2D eigenvalue weighted by molar-refractivity contribution is -0.137. The van der Waals surface area contributed by atoms with E-state index < -0.39 is 22.7 Å². The molecular weight excluding hydrogens is 433 g/mol. The van der Waals surface area contributed by atoms with E-state index in [1.165, 1.54) is 10.6 Å². The van der Waals surface area contributed by atoms with Crippen LogP contribution in [0, 0.1) is 6.92 Å². The average molecular weight is 449 g/mol. The van der Waals surface area contributed by atoms with Crippen LogP contribution in [0.15, 0.2) is 42.5 Å². The molecule has 0 fully saturated rings. The number of hydrogen-bond donors (Lipinski definition) is 1. The van der Waals surface area contributed by atoms with Crippen molar-refractivity contribution in [3.8, 4) is 0 Å². The topological polar surface area (TPSA) is 75.4 Å². The number of nitrogens with zero attached hydrogens (tertiary/aromatic N) is 5. The van der Waals surface area contributed by atoms with Crippen LogP contribution >= 0.6 is 11.6 Å². The molecule has 0 aliphatic carbocycles. The number of halogens is 4. The minimum Gasteiger partial charge on any atom is -0.334 e. The van der Waals surface area contributed by atoms with E-state index in [2.05, 4.69) is 20.4 Å². The van der Waals surface area contributed by atoms with Crippen LogP contribution in [0.4, 0.5) is 24.8 Å². The number of aryl methyl sites for hydroxylation is 1. The Morgan fingerprint density at radius 3 is 2.68 bits per heavy atom. The maximum atomic E-state index is 13.0. The van der Waals surface area contributed by atoms with E-state index in [0.717, 1.165) is 17.5 Å². The molecule has 11 heteroatoms. The highest BCUT2D eigenvalue weighted by Gasteiger charge is 2.33. The highest BCUT2D eigenvalue weighted by molar-refractivity contribution is 6.31. The second-order valence-electron chi connectivity index (χ2n) is 6.92. The summed E-state index contributed by atoms with van der Waals surface area (Å²) in [7, 11) is 1.64. The molecule has 31 heavy (non-hydrogen) atoms. The van der Waals surface area contributed by atoms with E-state index in [1.807, 2.05) is 24.3 Å². The molecule has 0 saturated carbocycles. The van der Waals surface area contributed by atoms with E-state index in [-0.39, 0.29) is 12.2 Å². The van der Waals surface area contributed by atoms with Crippen LogP contribution in [0.25, 0.3) is 16.6 Å². The van der Waals surface area contributed by atoms with E-state index in [1.54, 1.807) is 18.9 Å². The summed E-state index contributed by atoms with van der Waals surface area (Å²) in [6.45, 7) is 1.57. The minimum atomic E-state index is -4.62. The van der Waals surface area contributed by atoms with Gasteiger partial charge in [0, 0.05) is 18.1 Å². The van der Waals surface area contributed by atoms with Gasteiger partial charge in [0.15, 0.2) is 5.65 Å². The predicted octanol–water partition coefficient (Wildman–Crippen LogP) is 4.33. The summed E-state index contributed by atoms with van der Waals surface area (Å²) < 4.78 is 40.7. The van der Waals surface area contributed by atoms with Crippen molar-refractivity contribution in [3.05, 3.63) is 58.9 Å². The SMILES string of the molecule is Cc1nc2c3ccccc3nc(N(C)CC(=O)Nc3ccc(Cl)c(C(F)(F)F)c3)n2n1. The normalized spacial score (nSPS) is 11.8. The fourth-order valence-electron chi connectivity index (χ4n) is 3.20. The maximum Gasteiger partial charge on any atom is 0.417 e. The first-order valence-electron chi connectivity index (χ1n) is 9.13. The molecule has 0 spiro atoms. The highest BCUT2D eigenvalue weighted by Crippen LogP contribution is 2.36. The zero-order valence-electron chi connectivity index (χ0n) is 16.4. The van der Waals surface area contributed by atoms with Gasteiger partial charge in [-0.25, -0.2) is 9.97 Å². The largest absolute Gasteiger partial charge is 0.417 e. The number of para-hydroxylation sites is 1. The number of anilines is 2. The van der Waals surface area contributed by atoms with Gasteiger partial charge in [0.1, 0.15) is 5.82 Å². The Balaban J connectivity index is 1.60. The Morgan fingerprint density at radius 2 is 1.94 bits per heavy atom. The van der Waals surface area contributed by atoms with E-state index in [9.17, 15) is 18.0 Å². The lowest BCUT2D eigenvalue weighted by atomic mass is 10.2. The second-order valence-corrected chi connectivity index (χ2v) is 7.33. The number of alkyl halides is 3. The number of carbonyl (C=O) groups excluding carboxylic acids is 1. The number of nitrogens with one attached hydrogen (secondary N) is 1. The van der Waals surface area contributed by atoms with Crippen molar-refractivity contribution < 1.29 is 18.0 Å². The molecule has 0 bridgehead atoms. The standard InChI is InChI=1S/C20H16ClF3N6O/c1-11-25-18-13-5-3-4-6-16(13)27-19(30(18)28-11)29(2)10-17(31)26-12-7-8-15(21)14(9-12)20(22,23)24/h3-9H,10H2,1-2H3,(H,26,31). The number of amides is 1. The molecule has 1 amide bonds. The van der Waals surface area contributed by atoms with Crippen molar-refractivity contribution in [2.75, 3.05) is 23.8 Å². The first-order valence-corrected chi connectivity index (χ1v) is 9.51. The Kier molecular flexibility index (Phi) is 5.18. The van der Waals surface area contributed by atoms with Crippen molar-refractivity contribution in [2.45, 2.75) is 13.1 Å². The molecule has 4 aromatic rings. The molecule has 0 aliphatic heterocycles. The van der Waals surface area contributed by atoms with E-state index in [0.29, 0.717) is 22.9 Å². The van der Waals surface area contributed by atoms with Crippen LogP contribution in [0.3, 0.4) is 0 Å². The van der Waals surface area contributed by atoms with Crippen molar-refractivity contribution in [1.29, 1.82) is 0 Å². The Hall–Kier alpha value is -3.40. The highest BCUT2D eigenvalue weighted by atomic mass is 35.5. The average Bonchev–Trinajstić information content (AvgIpc) is 3.09. The second kappa shape index (κ2) is 7.69. The van der Waals surface area contributed by atoms with E-state index >= 15 is 0 Å². The Morgan fingerprint density at radius 1 is 1.19 bits per heavy atom. The molecule has 4 rings (SSSR count). The summed E-state index contributed by atoms with van der Waals surface area (Å²) in [6.07, 6.45) is -4.62. The molecule has 2 heterocycles. The molecule has 2 aromatic carbocycles. The van der Waals surface area contributed by atoms with Crippen LogP contribution in [0.1, 0.15) is 11.4 Å². The molecule has 0 saturated heterocycles. The number of aromatic nitrogens is 4. The van der Waals surface area contributed by atoms with Crippen LogP contribution in [0.2, 0.25) is 5.02 Å². The number of rotatable bonds is 4. The van der Waals surface area contributed by atoms with Gasteiger partial charge >= 0.3 is 6.18 Å². The zero-order chi connectivity index (χ0) is 22.3. The third-order valence-corrected chi connectivity index (χ3v) is 4.88. The van der Waals surface area contributed by atoms with Gasteiger partial charge in [-0.05, 0) is 37.3 Å². The number of carbonyl (C=O) groups is 1. The summed E-state index contributed by atoms with van der Waals surface area (Å²) in [4.78, 5) is 23.1. The molecule has 160 valence electrons. The Bertz CT molecular complexity index is 1300. The van der Waals surface area contributed by atoms with Gasteiger partial charge in [-0.3, -0.25) is 4.79 Å². The predicted molar refractivity (Wildman–Crippen MR) is 111 cm³/mol. The number of fused-ring (bicyclic) bond motifs is 3. The smallest absolute Gasteiger partial charge is 0.334 e. The van der Waals surface area contributed by atoms with Crippen molar-refractivity contribution in [2.24, 2.45) is 0 Å². The van der Waals surface area contributed by atoms with Crippen LogP contribution in [-0.2, 0) is 11.0 Å². The molecule has 0 radical (unpaired) electrons. The monoisotopic (exact) mass is 448 g/mol. The molecule has 2 aromatic heterocycles. The molecule has 0 unspecified atom stereocenters. The van der Waals surface area contributed by atoms with Crippen molar-refractivity contribution in [1.82, 2.24) is 19.6 Å². The fourth-order valence-corrected chi connectivity index (χ4v) is 3.42. The summed E-state index contributed by atoms with van der Waals surface area (Å²) in [6, 6.07) is 10.6. The van der Waals surface area contributed by atoms with Crippen molar-refractivity contribution >= 4 is 45.7 Å². The fraction of sp³-hybridized carbons (Fsp3) is 0.200. The minimum absolute atomic E-state index is 0.0108. The maximum absolute atomic E-state index is 13.0. The quantitative estimate of drug-likeness (QED) is 0.503. The molecule has 1 N–H and O–H groups in total. The zero-order valence-corrected chi connectivity index (χ0v) is 17.2. The van der Waals surface area contributed by atoms with E-state index in [4.69, 9.17) is 11.6 Å². The van der Waals surface area contributed by atoms with Gasteiger partial charge in [-0.15, -0.1) is 5.10 Å². The number of likely N-dealkylation sites (N-methyl/N-ethyl adjacent to an activating group) is 1. The van der Waals surface area contributed by atoms with Gasteiger partial charge < -0.3 is 10.2 Å². The van der Waals surface area contributed by atoms with Gasteiger partial charge in [0.25, 0.3) is 0 Å². The molecular formula is C20H16ClF3N6O. The lowest BCUT2D eigenvalue weighted by Gasteiger charge is -2.19. The first-order chi connectivity index (χ1) is 14.6. The summed E-state index contributed by atoms with van der Waals surface area (Å²) >= 11 is 5.62. The van der Waals surface area contributed by atoms with Gasteiger partial charge in [0.05, 0.1) is 22.6 Å². The first kappa shape index (κ1) is 20.9. The summed E-state index contributed by atoms with van der Waals surface area (Å²) in [5, 5.41) is 7.19. The van der Waals surface area contributed by atoms with Gasteiger partial charge in [-0.1, -0.05) is 23.7 Å². The Labute approximate surface area is 179 Å². The third kappa shape index (κ3) is 4.11. The van der Waals surface area contributed by atoms with Crippen LogP contribution in [0.5, 0.6) is 0 Å². The van der Waals surface area contributed by atoms with Crippen molar-refractivity contribution in [3.63, 3.8) is 0 Å². The van der Waals surface area contributed by atoms with Crippen LogP contribution < -0.4 is 10.2 Å². The molecule has 7 nitrogen and oxygen atoms in total. The summed E-state index contributed by atoms with van der Waals surface area (Å²) in [5.74, 6) is 0.382. The number of hydrogen-bond acceptors (Lipinski definition) is 5. The van der Waals surface area contributed by atoms with Gasteiger partial charge in [-0.2, -0.15) is 17.7 Å². The lowest BCUT2D eigenvalue weighted by Crippen LogP contribution is -2.32.